The molecule has 1 aliphatic heterocycles. The molecule has 9 nitrogen and oxygen atoms in total. The molecule has 1 aliphatic rings. The van der Waals surface area contributed by atoms with E-state index in [0.717, 1.165) is 26.6 Å². The van der Waals surface area contributed by atoms with E-state index < -0.39 is 21.0 Å². The van der Waals surface area contributed by atoms with Crippen LogP contribution in [0.3, 0.4) is 0 Å². The van der Waals surface area contributed by atoms with E-state index in [4.69, 9.17) is 4.84 Å². The molecule has 1 heterocycles. The number of hydroxylamine groups is 1. The molecular weight excluding hydrogens is 512 g/mol. The number of hydrogen-bond acceptors (Lipinski definition) is 7. The molecular formula is C17H20BIN3O6S. The largest absolute Gasteiger partial charge is 0.332 e. The van der Waals surface area contributed by atoms with E-state index in [9.17, 15) is 23.3 Å². The summed E-state index contributed by atoms with van der Waals surface area (Å²) in [6, 6.07) is 3.85. The molecule has 0 spiro atoms. The quantitative estimate of drug-likeness (QED) is 0.114. The molecule has 1 radical (unpaired) electrons. The smallest absolute Gasteiger partial charge is 0.293 e. The number of benzene rings is 1. The Kier molecular flexibility index (Phi) is 8.52. The SMILES string of the molecule is C=CCON([C@H]1CN([B]C=O)[C@H](CC)C=C1I)S(=O)(=O)c1ccc([N+](=O)[O-])cc1. The van der Waals surface area contributed by atoms with Crippen LogP contribution in [0.25, 0.3) is 0 Å². The molecule has 1 aromatic rings. The zero-order valence-electron chi connectivity index (χ0n) is 15.7. The second-order valence-corrected chi connectivity index (χ2v) is 9.15. The fraction of sp³-hybridized carbons (Fsp3) is 0.353. The number of nitrogens with zero attached hydrogens (tertiary/aromatic N) is 3. The van der Waals surface area contributed by atoms with Crippen molar-refractivity contribution in [3.63, 3.8) is 0 Å². The van der Waals surface area contributed by atoms with Crippen LogP contribution in [0.5, 0.6) is 0 Å². The maximum absolute atomic E-state index is 13.2. The molecule has 2 rings (SSSR count). The second kappa shape index (κ2) is 10.4. The van der Waals surface area contributed by atoms with Gasteiger partial charge in [-0.3, -0.25) is 15.0 Å². The van der Waals surface area contributed by atoms with Gasteiger partial charge in [0.1, 0.15) is 0 Å². The van der Waals surface area contributed by atoms with Crippen LogP contribution < -0.4 is 0 Å². The topological polar surface area (TPSA) is 110 Å². The summed E-state index contributed by atoms with van der Waals surface area (Å²) in [5.74, 6) is 0. The van der Waals surface area contributed by atoms with Crippen molar-refractivity contribution in [1.29, 1.82) is 0 Å². The van der Waals surface area contributed by atoms with E-state index in [1.807, 2.05) is 13.0 Å². The Morgan fingerprint density at radius 2 is 2.10 bits per heavy atom. The zero-order chi connectivity index (χ0) is 21.6. The van der Waals surface area contributed by atoms with Crippen molar-refractivity contribution in [1.82, 2.24) is 9.28 Å². The summed E-state index contributed by atoms with van der Waals surface area (Å²) in [6.07, 6.45) is 4.71. The number of carbonyl (C=O) groups excluding carboxylic acids is 1. The number of rotatable bonds is 10. The highest BCUT2D eigenvalue weighted by molar-refractivity contribution is 14.1. The van der Waals surface area contributed by atoms with Crippen LogP contribution in [0, 0.1) is 10.1 Å². The summed E-state index contributed by atoms with van der Waals surface area (Å²) >= 11 is 2.07. The number of nitro groups is 1. The van der Waals surface area contributed by atoms with Gasteiger partial charge in [-0.2, -0.15) is 0 Å². The fourth-order valence-electron chi connectivity index (χ4n) is 2.88. The first-order chi connectivity index (χ1) is 13.8. The van der Waals surface area contributed by atoms with E-state index in [-0.39, 0.29) is 29.8 Å². The van der Waals surface area contributed by atoms with Gasteiger partial charge < -0.3 is 9.61 Å². The maximum atomic E-state index is 13.2. The predicted octanol–water partition coefficient (Wildman–Crippen LogP) is 2.29. The molecule has 0 saturated carbocycles. The highest BCUT2D eigenvalue weighted by Crippen LogP contribution is 2.31. The Balaban J connectivity index is 2.45. The molecule has 2 atom stereocenters. The van der Waals surface area contributed by atoms with E-state index in [0.29, 0.717) is 6.19 Å². The van der Waals surface area contributed by atoms with Crippen molar-refractivity contribution in [2.24, 2.45) is 0 Å². The molecule has 0 aliphatic carbocycles. The highest BCUT2D eigenvalue weighted by atomic mass is 127. The molecule has 0 saturated heterocycles. The van der Waals surface area contributed by atoms with Crippen LogP contribution in [0.2, 0.25) is 0 Å². The van der Waals surface area contributed by atoms with Crippen molar-refractivity contribution in [3.05, 3.63) is 56.7 Å². The van der Waals surface area contributed by atoms with Gasteiger partial charge in [0.15, 0.2) is 0 Å². The summed E-state index contributed by atoms with van der Waals surface area (Å²) in [4.78, 5) is 28.4. The Labute approximate surface area is 183 Å². The lowest BCUT2D eigenvalue weighted by Crippen LogP contribution is -2.53. The Morgan fingerprint density at radius 3 is 2.62 bits per heavy atom. The fourth-order valence-corrected chi connectivity index (χ4v) is 5.34. The third-order valence-electron chi connectivity index (χ3n) is 4.31. The summed E-state index contributed by atoms with van der Waals surface area (Å²) < 4.78 is 28.1. The highest BCUT2D eigenvalue weighted by Gasteiger charge is 2.39. The first-order valence-electron chi connectivity index (χ1n) is 8.70. The Hall–Kier alpha value is -1.61. The van der Waals surface area contributed by atoms with Crippen molar-refractivity contribution in [3.8, 4) is 0 Å². The molecule has 29 heavy (non-hydrogen) atoms. The molecule has 155 valence electrons. The monoisotopic (exact) mass is 532 g/mol. The van der Waals surface area contributed by atoms with Gasteiger partial charge in [0.25, 0.3) is 23.1 Å². The lowest BCUT2D eigenvalue weighted by molar-refractivity contribution is -0.384. The van der Waals surface area contributed by atoms with E-state index in [1.165, 1.54) is 25.6 Å². The van der Waals surface area contributed by atoms with Crippen LogP contribution in [0.1, 0.15) is 13.3 Å². The van der Waals surface area contributed by atoms with Crippen LogP contribution in [-0.4, -0.2) is 61.5 Å². The van der Waals surface area contributed by atoms with E-state index in [1.54, 1.807) is 4.81 Å². The molecule has 0 fully saturated rings. The third-order valence-corrected chi connectivity index (χ3v) is 7.09. The number of nitro benzene ring substituents is 1. The first-order valence-corrected chi connectivity index (χ1v) is 11.2. The van der Waals surface area contributed by atoms with Crippen LogP contribution in [-0.2, 0) is 19.7 Å². The number of carbonyl (C=O) groups is 1. The van der Waals surface area contributed by atoms with Crippen LogP contribution in [0.15, 0.2) is 51.5 Å². The van der Waals surface area contributed by atoms with Gasteiger partial charge in [0.2, 0.25) is 0 Å². The van der Waals surface area contributed by atoms with Crippen molar-refractivity contribution < 1.29 is 23.0 Å². The van der Waals surface area contributed by atoms with Gasteiger partial charge in [0.05, 0.1) is 28.7 Å². The van der Waals surface area contributed by atoms with Crippen molar-refractivity contribution in [2.75, 3.05) is 13.2 Å². The normalized spacial score (nSPS) is 20.2. The minimum Gasteiger partial charge on any atom is -0.332 e. The molecule has 0 bridgehead atoms. The van der Waals surface area contributed by atoms with Gasteiger partial charge in [-0.25, -0.2) is 8.42 Å². The van der Waals surface area contributed by atoms with Gasteiger partial charge in [-0.05, 0) is 41.1 Å². The Bertz CT molecular complexity index is 893. The molecule has 1 aromatic carbocycles. The molecule has 12 heteroatoms. The Morgan fingerprint density at radius 1 is 1.45 bits per heavy atom. The number of halogens is 1. The molecule has 0 unspecified atom stereocenters. The average molecular weight is 532 g/mol. The second-order valence-electron chi connectivity index (χ2n) is 6.12. The predicted molar refractivity (Wildman–Crippen MR) is 117 cm³/mol. The molecule has 0 aromatic heterocycles. The van der Waals surface area contributed by atoms with Crippen LogP contribution in [0.4, 0.5) is 5.69 Å². The van der Waals surface area contributed by atoms with E-state index in [2.05, 4.69) is 29.2 Å². The minimum atomic E-state index is -4.14. The van der Waals surface area contributed by atoms with Gasteiger partial charge in [-0.1, -0.05) is 23.5 Å². The van der Waals surface area contributed by atoms with Crippen molar-refractivity contribution >= 4 is 51.9 Å². The van der Waals surface area contributed by atoms with Crippen molar-refractivity contribution in [2.45, 2.75) is 30.3 Å². The van der Waals surface area contributed by atoms with Gasteiger partial charge in [-0.15, -0.1) is 6.58 Å². The number of sulfonamides is 1. The summed E-state index contributed by atoms with van der Waals surface area (Å²) in [7, 11) is -2.76. The lowest BCUT2D eigenvalue weighted by Gasteiger charge is -2.39. The number of non-ortho nitro benzene ring substituents is 1. The third kappa shape index (κ3) is 5.51. The van der Waals surface area contributed by atoms with Gasteiger partial charge >= 0.3 is 0 Å². The van der Waals surface area contributed by atoms with E-state index >= 15 is 0 Å². The number of hydrogen-bond donors (Lipinski definition) is 0. The zero-order valence-corrected chi connectivity index (χ0v) is 18.7. The molecule has 0 amide bonds. The van der Waals surface area contributed by atoms with Gasteiger partial charge in [0, 0.05) is 28.3 Å². The maximum Gasteiger partial charge on any atom is 0.293 e. The average Bonchev–Trinajstić information content (AvgIpc) is 2.70. The summed E-state index contributed by atoms with van der Waals surface area (Å²) in [5.41, 5.74) is -0.216. The summed E-state index contributed by atoms with van der Waals surface area (Å²) in [5, 5.41) is 10.8. The standard InChI is InChI=1S/C17H20BIN3O6S/c1-3-9-28-22(17-11-20(18-12-23)13(4-2)10-16(17)19)29(26,27)15-7-5-14(6-8-15)21(24)25/h3,5-8,10,12-13,17H,1,4,9,11H2,2H3/t13-,17+/m1/s1. The van der Waals surface area contributed by atoms with Crippen LogP contribution >= 0.6 is 22.6 Å². The first kappa shape index (κ1) is 23.7. The lowest BCUT2D eigenvalue weighted by atomic mass is 9.87. The summed E-state index contributed by atoms with van der Waals surface area (Å²) in [6.45, 7) is 5.68. The molecule has 0 N–H and O–H groups in total. The minimum absolute atomic E-state index is 0.0355.